The highest BCUT2D eigenvalue weighted by atomic mass is 35.5. The van der Waals surface area contributed by atoms with Crippen molar-refractivity contribution in [1.29, 1.82) is 0 Å². The molecular weight excluding hydrogens is 446 g/mol. The van der Waals surface area contributed by atoms with E-state index in [1.807, 2.05) is 13.0 Å². The average molecular weight is 462 g/mol. The van der Waals surface area contributed by atoms with E-state index in [1.165, 1.54) is 24.3 Å². The van der Waals surface area contributed by atoms with Gasteiger partial charge in [-0.15, -0.1) is 0 Å². The van der Waals surface area contributed by atoms with Gasteiger partial charge in [-0.1, -0.05) is 35.4 Å². The zero-order valence-electron chi connectivity index (χ0n) is 17.3. The molecule has 7 nitrogen and oxygen atoms in total. The van der Waals surface area contributed by atoms with Crippen LogP contribution in [-0.2, 0) is 4.79 Å². The maximum atomic E-state index is 13.2. The normalized spacial score (nSPS) is 11.1. The number of hydrogen-bond acceptors (Lipinski definition) is 6. The van der Waals surface area contributed by atoms with Crippen molar-refractivity contribution in [2.24, 2.45) is 0 Å². The summed E-state index contributed by atoms with van der Waals surface area (Å²) in [5, 5.41) is 11.7. The quantitative estimate of drug-likeness (QED) is 0.157. The van der Waals surface area contributed by atoms with Crippen molar-refractivity contribution < 1.29 is 18.9 Å². The van der Waals surface area contributed by atoms with Gasteiger partial charge in [0.25, 0.3) is 5.69 Å². The number of nitro groups is 1. The van der Waals surface area contributed by atoms with E-state index in [2.05, 4.69) is 0 Å². The minimum absolute atomic E-state index is 0.0881. The summed E-state index contributed by atoms with van der Waals surface area (Å²) in [6.45, 7) is 1.83. The van der Waals surface area contributed by atoms with Gasteiger partial charge in [-0.25, -0.2) is 4.79 Å². The lowest BCUT2D eigenvalue weighted by Crippen LogP contribution is -2.14. The number of hydrogen-bond donors (Lipinski definition) is 0. The highest BCUT2D eigenvalue weighted by Crippen LogP contribution is 2.32. The van der Waals surface area contributed by atoms with Crippen LogP contribution in [0.25, 0.3) is 28.4 Å². The second kappa shape index (κ2) is 9.10. The Morgan fingerprint density at radius 2 is 1.85 bits per heavy atom. The third-order valence-electron chi connectivity index (χ3n) is 4.81. The molecule has 0 spiro atoms. The van der Waals surface area contributed by atoms with Crippen LogP contribution < -0.4 is 10.2 Å². The van der Waals surface area contributed by atoms with Crippen LogP contribution in [0.2, 0.25) is 5.02 Å². The van der Waals surface area contributed by atoms with Crippen molar-refractivity contribution in [2.45, 2.75) is 6.92 Å². The maximum Gasteiger partial charge on any atom is 0.336 e. The van der Waals surface area contributed by atoms with Gasteiger partial charge in [0, 0.05) is 28.8 Å². The molecule has 33 heavy (non-hydrogen) atoms. The molecule has 164 valence electrons. The third-order valence-corrected chi connectivity index (χ3v) is 5.06. The number of nitro benzene ring substituents is 1. The van der Waals surface area contributed by atoms with E-state index in [1.54, 1.807) is 42.5 Å². The molecule has 1 aromatic heterocycles. The molecule has 0 unspecified atom stereocenters. The molecule has 3 aromatic carbocycles. The van der Waals surface area contributed by atoms with Crippen LogP contribution in [0, 0.1) is 17.0 Å². The predicted molar refractivity (Wildman–Crippen MR) is 125 cm³/mol. The molecule has 4 rings (SSSR count). The molecule has 0 radical (unpaired) electrons. The molecule has 0 atom stereocenters. The number of carbonyl (C=O) groups excluding carboxylic acids is 1. The molecule has 1 heterocycles. The second-order valence-electron chi connectivity index (χ2n) is 7.20. The average Bonchev–Trinajstić information content (AvgIpc) is 2.80. The molecule has 0 fully saturated rings. The van der Waals surface area contributed by atoms with Crippen LogP contribution in [0.4, 0.5) is 5.69 Å². The summed E-state index contributed by atoms with van der Waals surface area (Å²) in [4.78, 5) is 36.2. The van der Waals surface area contributed by atoms with Crippen LogP contribution in [0.1, 0.15) is 11.1 Å². The molecule has 0 amide bonds. The first-order valence-electron chi connectivity index (χ1n) is 9.79. The van der Waals surface area contributed by atoms with Crippen molar-refractivity contribution in [3.05, 3.63) is 109 Å². The van der Waals surface area contributed by atoms with E-state index in [9.17, 15) is 19.7 Å². The molecule has 0 saturated carbocycles. The van der Waals surface area contributed by atoms with Gasteiger partial charge in [-0.05, 0) is 55.0 Å². The number of halogens is 1. The number of ether oxygens (including phenoxy) is 1. The summed E-state index contributed by atoms with van der Waals surface area (Å²) in [5.41, 5.74) is 1.52. The molecule has 0 aliphatic rings. The summed E-state index contributed by atoms with van der Waals surface area (Å²) in [5.74, 6) is -1.01. The number of esters is 1. The number of rotatable bonds is 5. The molecule has 0 aliphatic heterocycles. The van der Waals surface area contributed by atoms with Gasteiger partial charge in [0.2, 0.25) is 11.2 Å². The lowest BCUT2D eigenvalue weighted by atomic mass is 10.1. The minimum atomic E-state index is -0.837. The lowest BCUT2D eigenvalue weighted by Gasteiger charge is -2.10. The second-order valence-corrected chi connectivity index (χ2v) is 7.64. The number of aryl methyl sites for hydroxylation is 1. The SMILES string of the molecule is Cc1ccc2oc(-c3ccc(Cl)cc3)c(OC(=O)C=Cc3cccc([N+](=O)[O-])c3)c(=O)c2c1. The lowest BCUT2D eigenvalue weighted by molar-refractivity contribution is -0.384. The van der Waals surface area contributed by atoms with Crippen LogP contribution >= 0.6 is 11.6 Å². The fraction of sp³-hybridized carbons (Fsp3) is 0.0400. The summed E-state index contributed by atoms with van der Waals surface area (Å²) in [6.07, 6.45) is 2.45. The highest BCUT2D eigenvalue weighted by Gasteiger charge is 2.20. The van der Waals surface area contributed by atoms with E-state index in [-0.39, 0.29) is 22.6 Å². The number of non-ortho nitro benzene ring substituents is 1. The van der Waals surface area contributed by atoms with E-state index in [0.717, 1.165) is 11.6 Å². The molecule has 4 aromatic rings. The maximum absolute atomic E-state index is 13.2. The predicted octanol–water partition coefficient (Wildman–Crippen LogP) is 5.95. The van der Waals surface area contributed by atoms with Crippen molar-refractivity contribution in [2.75, 3.05) is 0 Å². The number of nitrogens with zero attached hydrogens (tertiary/aromatic N) is 1. The van der Waals surface area contributed by atoms with Crippen molar-refractivity contribution in [3.63, 3.8) is 0 Å². The highest BCUT2D eigenvalue weighted by molar-refractivity contribution is 6.30. The number of fused-ring (bicyclic) bond motifs is 1. The zero-order valence-corrected chi connectivity index (χ0v) is 18.0. The summed E-state index contributed by atoms with van der Waals surface area (Å²) < 4.78 is 11.4. The smallest absolute Gasteiger partial charge is 0.336 e. The summed E-state index contributed by atoms with van der Waals surface area (Å²) in [6, 6.07) is 17.5. The minimum Gasteiger partial charge on any atom is -0.452 e. The van der Waals surface area contributed by atoms with E-state index in [0.29, 0.717) is 21.7 Å². The van der Waals surface area contributed by atoms with Gasteiger partial charge >= 0.3 is 5.97 Å². The molecular formula is C25H16ClNO6. The van der Waals surface area contributed by atoms with E-state index < -0.39 is 16.3 Å². The Morgan fingerprint density at radius 3 is 2.58 bits per heavy atom. The van der Waals surface area contributed by atoms with Gasteiger partial charge in [0.15, 0.2) is 5.76 Å². The van der Waals surface area contributed by atoms with Crippen molar-refractivity contribution in [1.82, 2.24) is 0 Å². The Balaban J connectivity index is 1.74. The fourth-order valence-electron chi connectivity index (χ4n) is 3.22. The summed E-state index contributed by atoms with van der Waals surface area (Å²) >= 11 is 5.97. The van der Waals surface area contributed by atoms with Crippen LogP contribution in [0.5, 0.6) is 5.75 Å². The van der Waals surface area contributed by atoms with Gasteiger partial charge < -0.3 is 9.15 Å². The van der Waals surface area contributed by atoms with Gasteiger partial charge in [-0.2, -0.15) is 0 Å². The molecule has 0 bridgehead atoms. The first-order valence-corrected chi connectivity index (χ1v) is 10.2. The Kier molecular flexibility index (Phi) is 6.06. The topological polar surface area (TPSA) is 99.7 Å². The molecule has 0 saturated heterocycles. The number of benzene rings is 3. The van der Waals surface area contributed by atoms with Crippen molar-refractivity contribution in [3.8, 4) is 17.1 Å². The third kappa shape index (κ3) is 4.83. The van der Waals surface area contributed by atoms with Gasteiger partial charge in [0.05, 0.1) is 10.3 Å². The monoisotopic (exact) mass is 461 g/mol. The van der Waals surface area contributed by atoms with Crippen LogP contribution in [0.3, 0.4) is 0 Å². The molecule has 0 aliphatic carbocycles. The molecule has 0 N–H and O–H groups in total. The first kappa shape index (κ1) is 22.0. The Hall–Kier alpha value is -4.23. The number of carbonyl (C=O) groups is 1. The van der Waals surface area contributed by atoms with Gasteiger partial charge in [-0.3, -0.25) is 14.9 Å². The Bertz CT molecular complexity index is 1470. The first-order chi connectivity index (χ1) is 15.8. The zero-order chi connectivity index (χ0) is 23.5. The van der Waals surface area contributed by atoms with E-state index >= 15 is 0 Å². The Morgan fingerprint density at radius 1 is 1.09 bits per heavy atom. The Labute approximate surface area is 192 Å². The van der Waals surface area contributed by atoms with Gasteiger partial charge in [0.1, 0.15) is 5.58 Å². The van der Waals surface area contributed by atoms with Crippen LogP contribution in [0.15, 0.2) is 82.0 Å². The van der Waals surface area contributed by atoms with Crippen molar-refractivity contribution >= 4 is 40.3 Å². The fourth-order valence-corrected chi connectivity index (χ4v) is 3.34. The summed E-state index contributed by atoms with van der Waals surface area (Å²) in [7, 11) is 0. The van der Waals surface area contributed by atoms with Crippen LogP contribution in [-0.4, -0.2) is 10.9 Å². The van der Waals surface area contributed by atoms with E-state index in [4.69, 9.17) is 20.8 Å². The largest absolute Gasteiger partial charge is 0.452 e. The standard InChI is InChI=1S/C25H16ClNO6/c1-15-5-11-21-20(13-15)23(29)25(24(32-21)17-7-9-18(26)10-8-17)33-22(28)12-6-16-3-2-4-19(14-16)27(30)31/h2-14H,1H3. The molecule has 8 heteroatoms.